The van der Waals surface area contributed by atoms with E-state index in [2.05, 4.69) is 7.85 Å². The molecule has 124 valence electrons. The van der Waals surface area contributed by atoms with Gasteiger partial charge in [0.2, 0.25) is 0 Å². The maximum absolute atomic E-state index is 12.4. The SMILES string of the molecule is BC1CCC(OC(=O)C2CCC(C3CCCCC3)CC2)CC1. The largest absolute Gasteiger partial charge is 0.462 e. The molecule has 0 spiro atoms. The normalized spacial score (nSPS) is 37.6. The van der Waals surface area contributed by atoms with Crippen molar-refractivity contribution in [1.82, 2.24) is 0 Å². The Morgan fingerprint density at radius 3 is 1.95 bits per heavy atom. The molecule has 0 aliphatic heterocycles. The molecule has 0 atom stereocenters. The monoisotopic (exact) mass is 304 g/mol. The summed E-state index contributed by atoms with van der Waals surface area (Å²) < 4.78 is 5.82. The third kappa shape index (κ3) is 4.29. The first kappa shape index (κ1) is 16.4. The zero-order valence-electron chi connectivity index (χ0n) is 14.4. The van der Waals surface area contributed by atoms with Crippen LogP contribution in [0.5, 0.6) is 0 Å². The minimum atomic E-state index is 0.127. The van der Waals surface area contributed by atoms with Crippen molar-refractivity contribution in [3.63, 3.8) is 0 Å². The fraction of sp³-hybridized carbons (Fsp3) is 0.947. The van der Waals surface area contributed by atoms with Crippen molar-refractivity contribution in [1.29, 1.82) is 0 Å². The molecule has 3 heteroatoms. The van der Waals surface area contributed by atoms with Crippen molar-refractivity contribution in [3.05, 3.63) is 0 Å². The fourth-order valence-electron chi connectivity index (χ4n) is 5.04. The van der Waals surface area contributed by atoms with E-state index in [9.17, 15) is 4.79 Å². The van der Waals surface area contributed by atoms with Gasteiger partial charge in [-0.25, -0.2) is 0 Å². The molecule has 22 heavy (non-hydrogen) atoms. The number of esters is 1. The number of carbonyl (C=O) groups is 1. The van der Waals surface area contributed by atoms with Gasteiger partial charge < -0.3 is 4.74 Å². The third-order valence-corrected chi connectivity index (χ3v) is 6.67. The number of rotatable bonds is 3. The van der Waals surface area contributed by atoms with Crippen molar-refractivity contribution >= 4 is 13.8 Å². The summed E-state index contributed by atoms with van der Waals surface area (Å²) in [6.07, 6.45) is 16.8. The van der Waals surface area contributed by atoms with Crippen LogP contribution in [0.3, 0.4) is 0 Å². The van der Waals surface area contributed by atoms with Gasteiger partial charge in [-0.05, 0) is 50.4 Å². The molecule has 2 nitrogen and oxygen atoms in total. The first-order valence-corrected chi connectivity index (χ1v) is 9.93. The molecule has 3 rings (SSSR count). The molecule has 0 N–H and O–H groups in total. The smallest absolute Gasteiger partial charge is 0.309 e. The highest BCUT2D eigenvalue weighted by molar-refractivity contribution is 6.11. The Kier molecular flexibility index (Phi) is 5.87. The molecule has 0 unspecified atom stereocenters. The van der Waals surface area contributed by atoms with E-state index in [4.69, 9.17) is 4.74 Å². The second-order valence-corrected chi connectivity index (χ2v) is 8.33. The lowest BCUT2D eigenvalue weighted by molar-refractivity contribution is -0.157. The van der Waals surface area contributed by atoms with Gasteiger partial charge in [0, 0.05) is 0 Å². The van der Waals surface area contributed by atoms with Crippen LogP contribution in [-0.4, -0.2) is 19.9 Å². The van der Waals surface area contributed by atoms with Crippen LogP contribution in [0.1, 0.15) is 83.5 Å². The average molecular weight is 304 g/mol. The summed E-state index contributed by atoms with van der Waals surface area (Å²) in [5.41, 5.74) is 0. The zero-order chi connectivity index (χ0) is 15.4. The molecule has 0 aromatic carbocycles. The Balaban J connectivity index is 1.39. The molecule has 0 amide bonds. The number of hydrogen-bond donors (Lipinski definition) is 0. The summed E-state index contributed by atoms with van der Waals surface area (Å²) in [7, 11) is 2.31. The molecule has 0 bridgehead atoms. The van der Waals surface area contributed by atoms with E-state index in [1.807, 2.05) is 0 Å². The van der Waals surface area contributed by atoms with Crippen LogP contribution >= 0.6 is 0 Å². The molecule has 3 aliphatic rings. The highest BCUT2D eigenvalue weighted by Gasteiger charge is 2.33. The second-order valence-electron chi connectivity index (χ2n) is 8.33. The van der Waals surface area contributed by atoms with Crippen molar-refractivity contribution in [2.24, 2.45) is 17.8 Å². The Hall–Kier alpha value is -0.465. The van der Waals surface area contributed by atoms with Gasteiger partial charge in [0.05, 0.1) is 5.92 Å². The summed E-state index contributed by atoms with van der Waals surface area (Å²) in [4.78, 5) is 12.4. The minimum Gasteiger partial charge on any atom is -0.462 e. The first-order chi connectivity index (χ1) is 10.7. The Bertz CT molecular complexity index is 348. The Morgan fingerprint density at radius 2 is 1.32 bits per heavy atom. The van der Waals surface area contributed by atoms with E-state index in [1.54, 1.807) is 0 Å². The van der Waals surface area contributed by atoms with Crippen molar-refractivity contribution in [2.45, 2.75) is 95.4 Å². The molecule has 3 fully saturated rings. The molecular weight excluding hydrogens is 271 g/mol. The van der Waals surface area contributed by atoms with Crippen LogP contribution in [0.2, 0.25) is 5.82 Å². The fourth-order valence-corrected chi connectivity index (χ4v) is 5.04. The van der Waals surface area contributed by atoms with Crippen LogP contribution in [0.15, 0.2) is 0 Å². The first-order valence-electron chi connectivity index (χ1n) is 9.93. The summed E-state index contributed by atoms with van der Waals surface area (Å²) >= 11 is 0. The maximum Gasteiger partial charge on any atom is 0.309 e. The molecule has 3 aliphatic carbocycles. The summed E-state index contributed by atoms with van der Waals surface area (Å²) in [5, 5.41) is 0. The van der Waals surface area contributed by atoms with Crippen LogP contribution in [0, 0.1) is 17.8 Å². The van der Waals surface area contributed by atoms with E-state index in [-0.39, 0.29) is 18.0 Å². The lowest BCUT2D eigenvalue weighted by Gasteiger charge is -2.35. The standard InChI is InChI=1S/C19H33BO2/c20-17-10-12-18(13-11-17)22-19(21)16-8-6-15(7-9-16)14-4-2-1-3-5-14/h14-18H,1-13,20H2. The number of hydrogen-bond acceptors (Lipinski definition) is 2. The highest BCUT2D eigenvalue weighted by Crippen LogP contribution is 2.40. The van der Waals surface area contributed by atoms with E-state index in [1.165, 1.54) is 57.8 Å². The van der Waals surface area contributed by atoms with Gasteiger partial charge in [-0.2, -0.15) is 0 Å². The Labute approximate surface area is 137 Å². The Morgan fingerprint density at radius 1 is 0.727 bits per heavy atom. The lowest BCUT2D eigenvalue weighted by Crippen LogP contribution is -2.31. The van der Waals surface area contributed by atoms with Gasteiger partial charge in [0.1, 0.15) is 14.0 Å². The molecule has 0 saturated heterocycles. The predicted octanol–water partition coefficient (Wildman–Crippen LogP) is 4.28. The van der Waals surface area contributed by atoms with E-state index >= 15 is 0 Å². The zero-order valence-corrected chi connectivity index (χ0v) is 14.4. The average Bonchev–Trinajstić information content (AvgIpc) is 2.58. The number of carbonyl (C=O) groups excluding carboxylic acids is 1. The van der Waals surface area contributed by atoms with Crippen LogP contribution in [-0.2, 0) is 9.53 Å². The molecular formula is C19H33BO2. The van der Waals surface area contributed by atoms with E-state index < -0.39 is 0 Å². The molecule has 0 heterocycles. The van der Waals surface area contributed by atoms with Gasteiger partial charge >= 0.3 is 5.97 Å². The minimum absolute atomic E-state index is 0.127. The lowest BCUT2D eigenvalue weighted by atomic mass is 9.71. The van der Waals surface area contributed by atoms with Gasteiger partial charge in [0.15, 0.2) is 0 Å². The van der Waals surface area contributed by atoms with Crippen molar-refractivity contribution < 1.29 is 9.53 Å². The van der Waals surface area contributed by atoms with Crippen LogP contribution < -0.4 is 0 Å². The van der Waals surface area contributed by atoms with E-state index in [0.717, 1.165) is 43.3 Å². The topological polar surface area (TPSA) is 26.3 Å². The van der Waals surface area contributed by atoms with Crippen molar-refractivity contribution in [3.8, 4) is 0 Å². The molecule has 3 saturated carbocycles. The molecule has 0 aromatic rings. The summed E-state index contributed by atoms with van der Waals surface area (Å²) in [5.74, 6) is 3.02. The number of ether oxygens (including phenoxy) is 1. The van der Waals surface area contributed by atoms with Gasteiger partial charge in [-0.1, -0.05) is 50.8 Å². The van der Waals surface area contributed by atoms with Gasteiger partial charge in [-0.15, -0.1) is 0 Å². The summed E-state index contributed by atoms with van der Waals surface area (Å²) in [6.45, 7) is 0. The predicted molar refractivity (Wildman–Crippen MR) is 92.7 cm³/mol. The highest BCUT2D eigenvalue weighted by atomic mass is 16.5. The van der Waals surface area contributed by atoms with Crippen molar-refractivity contribution in [2.75, 3.05) is 0 Å². The molecule has 0 radical (unpaired) electrons. The second kappa shape index (κ2) is 7.88. The quantitative estimate of drug-likeness (QED) is 0.574. The van der Waals surface area contributed by atoms with E-state index in [0.29, 0.717) is 0 Å². The maximum atomic E-state index is 12.4. The van der Waals surface area contributed by atoms with Gasteiger partial charge in [0.25, 0.3) is 0 Å². The van der Waals surface area contributed by atoms with Gasteiger partial charge in [-0.3, -0.25) is 4.79 Å². The molecule has 0 aromatic heterocycles. The summed E-state index contributed by atoms with van der Waals surface area (Å²) in [6, 6.07) is 0. The van der Waals surface area contributed by atoms with Crippen LogP contribution in [0.4, 0.5) is 0 Å². The third-order valence-electron chi connectivity index (χ3n) is 6.67. The van der Waals surface area contributed by atoms with Crippen LogP contribution in [0.25, 0.3) is 0 Å².